The molecule has 1 unspecified atom stereocenters. The minimum atomic E-state index is -0.0295. The van der Waals surface area contributed by atoms with Crippen LogP contribution in [0.1, 0.15) is 61.5 Å². The van der Waals surface area contributed by atoms with Gasteiger partial charge in [-0.2, -0.15) is 4.98 Å². The Kier molecular flexibility index (Phi) is 5.83. The van der Waals surface area contributed by atoms with Crippen LogP contribution in [-0.2, 0) is 4.79 Å². The van der Waals surface area contributed by atoms with E-state index in [4.69, 9.17) is 4.98 Å². The fraction of sp³-hybridized carbons (Fsp3) is 0.500. The number of hydrogen-bond acceptors (Lipinski definition) is 7. The molecule has 3 aliphatic rings. The van der Waals surface area contributed by atoms with Crippen LogP contribution in [0, 0.1) is 0 Å². The molecule has 0 radical (unpaired) electrons. The van der Waals surface area contributed by atoms with Crippen LogP contribution in [0.2, 0.25) is 0 Å². The van der Waals surface area contributed by atoms with Gasteiger partial charge >= 0.3 is 0 Å². The summed E-state index contributed by atoms with van der Waals surface area (Å²) in [6.07, 6.45) is 10.6. The summed E-state index contributed by atoms with van der Waals surface area (Å²) >= 11 is 0. The molecule has 1 saturated carbocycles. The van der Waals surface area contributed by atoms with Crippen molar-refractivity contribution in [2.45, 2.75) is 63.1 Å². The predicted molar refractivity (Wildman–Crippen MR) is 137 cm³/mol. The van der Waals surface area contributed by atoms with Crippen LogP contribution in [0.25, 0.3) is 11.0 Å². The SMILES string of the molecule is CN(C)C(=O)c1cc2cnc(Nc3ccc(N4CC5CC[C@H](CC4=O)N5)cn3)nc2n1C1CCCC1. The zero-order chi connectivity index (χ0) is 24.8. The summed E-state index contributed by atoms with van der Waals surface area (Å²) in [5, 5.41) is 7.59. The number of anilines is 3. The van der Waals surface area contributed by atoms with Gasteiger partial charge in [-0.05, 0) is 43.9 Å². The van der Waals surface area contributed by atoms with Crippen molar-refractivity contribution in [3.8, 4) is 0 Å². The second-order valence-corrected chi connectivity index (χ2v) is 10.4. The standard InChI is InChI=1S/C26H32N8O2/c1-32(2)25(36)21-11-16-13-28-26(31-24(16)34(21)19-5-3-4-6-19)30-22-10-9-20(14-27-22)33-15-18-8-7-17(29-18)12-23(33)35/h9-11,13-14,17-19,29H,3-8,12,15H2,1-2H3,(H,27,28,30,31)/t17-,18?/m1/s1. The number of carbonyl (C=O) groups excluding carboxylic acids is 2. The van der Waals surface area contributed by atoms with Gasteiger partial charge in [0, 0.05) is 56.8 Å². The second kappa shape index (κ2) is 9.16. The van der Waals surface area contributed by atoms with Crippen molar-refractivity contribution in [2.24, 2.45) is 0 Å². The third-order valence-electron chi connectivity index (χ3n) is 7.65. The molecule has 2 amide bonds. The summed E-state index contributed by atoms with van der Waals surface area (Å²) in [5.41, 5.74) is 2.22. The Morgan fingerprint density at radius 1 is 1.08 bits per heavy atom. The third-order valence-corrected chi connectivity index (χ3v) is 7.65. The van der Waals surface area contributed by atoms with Crippen molar-refractivity contribution in [1.82, 2.24) is 29.7 Å². The van der Waals surface area contributed by atoms with E-state index < -0.39 is 0 Å². The first-order chi connectivity index (χ1) is 17.5. The lowest BCUT2D eigenvalue weighted by atomic mass is 10.1. The number of amides is 2. The molecule has 188 valence electrons. The van der Waals surface area contributed by atoms with Gasteiger partial charge in [-0.1, -0.05) is 12.8 Å². The van der Waals surface area contributed by atoms with Crippen molar-refractivity contribution in [2.75, 3.05) is 30.9 Å². The van der Waals surface area contributed by atoms with Crippen molar-refractivity contribution in [3.63, 3.8) is 0 Å². The van der Waals surface area contributed by atoms with Crippen molar-refractivity contribution in [1.29, 1.82) is 0 Å². The van der Waals surface area contributed by atoms with Crippen LogP contribution in [-0.4, -0.2) is 69.0 Å². The molecular formula is C26H32N8O2. The summed E-state index contributed by atoms with van der Waals surface area (Å²) in [6, 6.07) is 6.57. The molecule has 2 aliphatic heterocycles. The molecule has 0 spiro atoms. The van der Waals surface area contributed by atoms with Gasteiger partial charge in [0.1, 0.15) is 17.2 Å². The van der Waals surface area contributed by atoms with Gasteiger partial charge < -0.3 is 25.0 Å². The molecule has 6 rings (SSSR count). The highest BCUT2D eigenvalue weighted by Gasteiger charge is 2.34. The first kappa shape index (κ1) is 22.9. The predicted octanol–water partition coefficient (Wildman–Crippen LogP) is 3.24. The van der Waals surface area contributed by atoms with E-state index in [0.29, 0.717) is 42.5 Å². The number of fused-ring (bicyclic) bond motifs is 3. The first-order valence-electron chi connectivity index (χ1n) is 12.9. The third kappa shape index (κ3) is 4.19. The van der Waals surface area contributed by atoms with Crippen LogP contribution in [0.4, 0.5) is 17.5 Å². The van der Waals surface area contributed by atoms with Gasteiger partial charge in [0.05, 0.1) is 11.9 Å². The van der Waals surface area contributed by atoms with Crippen molar-refractivity contribution < 1.29 is 9.59 Å². The summed E-state index contributed by atoms with van der Waals surface area (Å²) in [5.74, 6) is 1.14. The maximum Gasteiger partial charge on any atom is 0.270 e. The molecule has 10 nitrogen and oxygen atoms in total. The van der Waals surface area contributed by atoms with Crippen molar-refractivity contribution >= 4 is 40.3 Å². The van der Waals surface area contributed by atoms with Crippen LogP contribution < -0.4 is 15.5 Å². The molecule has 0 aromatic carbocycles. The highest BCUT2D eigenvalue weighted by molar-refractivity contribution is 5.98. The van der Waals surface area contributed by atoms with Gasteiger partial charge in [0.25, 0.3) is 5.91 Å². The highest BCUT2D eigenvalue weighted by Crippen LogP contribution is 2.35. The molecule has 36 heavy (non-hydrogen) atoms. The number of nitrogens with one attached hydrogen (secondary N) is 2. The zero-order valence-corrected chi connectivity index (χ0v) is 20.8. The smallest absolute Gasteiger partial charge is 0.270 e. The fourth-order valence-corrected chi connectivity index (χ4v) is 5.83. The van der Waals surface area contributed by atoms with E-state index in [1.807, 2.05) is 23.1 Å². The van der Waals surface area contributed by atoms with E-state index in [0.717, 1.165) is 55.2 Å². The van der Waals surface area contributed by atoms with Gasteiger partial charge in [0.2, 0.25) is 11.9 Å². The summed E-state index contributed by atoms with van der Waals surface area (Å²) in [7, 11) is 3.54. The lowest BCUT2D eigenvalue weighted by molar-refractivity contribution is -0.118. The monoisotopic (exact) mass is 488 g/mol. The van der Waals surface area contributed by atoms with Crippen LogP contribution in [0.3, 0.4) is 0 Å². The Morgan fingerprint density at radius 3 is 2.64 bits per heavy atom. The molecular weight excluding hydrogens is 456 g/mol. The Balaban J connectivity index is 1.26. The number of nitrogens with zero attached hydrogens (tertiary/aromatic N) is 6. The maximum atomic E-state index is 12.9. The number of carbonyl (C=O) groups is 2. The van der Waals surface area contributed by atoms with E-state index >= 15 is 0 Å². The molecule has 10 heteroatoms. The summed E-state index contributed by atoms with van der Waals surface area (Å²) in [4.78, 5) is 42.9. The number of aromatic nitrogens is 4. The van der Waals surface area contributed by atoms with Gasteiger partial charge in [0.15, 0.2) is 0 Å². The molecule has 2 saturated heterocycles. The number of hydrogen-bond donors (Lipinski definition) is 2. The average Bonchev–Trinajstić information content (AvgIpc) is 3.59. The molecule has 3 fully saturated rings. The van der Waals surface area contributed by atoms with Gasteiger partial charge in [-0.3, -0.25) is 9.59 Å². The Bertz CT molecular complexity index is 1300. The van der Waals surface area contributed by atoms with E-state index in [1.165, 1.54) is 0 Å². The zero-order valence-electron chi connectivity index (χ0n) is 20.8. The molecule has 3 aromatic rings. The Morgan fingerprint density at radius 2 is 1.89 bits per heavy atom. The fourth-order valence-electron chi connectivity index (χ4n) is 5.83. The van der Waals surface area contributed by atoms with Crippen LogP contribution in [0.5, 0.6) is 0 Å². The van der Waals surface area contributed by atoms with Crippen LogP contribution >= 0.6 is 0 Å². The lowest BCUT2D eigenvalue weighted by Gasteiger charge is -2.24. The maximum absolute atomic E-state index is 12.9. The normalized spacial score (nSPS) is 22.3. The molecule has 1 aliphatic carbocycles. The second-order valence-electron chi connectivity index (χ2n) is 10.4. The molecule has 2 bridgehead atoms. The largest absolute Gasteiger partial charge is 0.343 e. The van der Waals surface area contributed by atoms with E-state index in [-0.39, 0.29) is 17.9 Å². The van der Waals surface area contributed by atoms with Gasteiger partial charge in [-0.15, -0.1) is 0 Å². The summed E-state index contributed by atoms with van der Waals surface area (Å²) < 4.78 is 2.10. The topological polar surface area (TPSA) is 108 Å². The first-order valence-corrected chi connectivity index (χ1v) is 12.9. The van der Waals surface area contributed by atoms with E-state index in [2.05, 4.69) is 25.2 Å². The Labute approximate surface area is 210 Å². The Hall–Kier alpha value is -3.53. The molecule has 2 N–H and O–H groups in total. The minimum Gasteiger partial charge on any atom is -0.343 e. The average molecular weight is 489 g/mol. The lowest BCUT2D eigenvalue weighted by Crippen LogP contribution is -2.37. The molecule has 2 atom stereocenters. The van der Waals surface area contributed by atoms with E-state index in [9.17, 15) is 9.59 Å². The minimum absolute atomic E-state index is 0.0295. The van der Waals surface area contributed by atoms with Gasteiger partial charge in [-0.25, -0.2) is 9.97 Å². The highest BCUT2D eigenvalue weighted by atomic mass is 16.2. The van der Waals surface area contributed by atoms with Crippen LogP contribution in [0.15, 0.2) is 30.6 Å². The van der Waals surface area contributed by atoms with Crippen molar-refractivity contribution in [3.05, 3.63) is 36.3 Å². The number of pyridine rings is 1. The molecule has 5 heterocycles. The molecule has 3 aromatic heterocycles. The quantitative estimate of drug-likeness (QED) is 0.568. The summed E-state index contributed by atoms with van der Waals surface area (Å²) in [6.45, 7) is 0.676. The van der Waals surface area contributed by atoms with E-state index in [1.54, 1.807) is 31.4 Å². The number of rotatable bonds is 5.